The van der Waals surface area contributed by atoms with Crippen LogP contribution in [0.3, 0.4) is 0 Å². The van der Waals surface area contributed by atoms with Crippen LogP contribution >= 0.6 is 9.47 Å². The van der Waals surface area contributed by atoms with Crippen LogP contribution in [0.5, 0.6) is 0 Å². The van der Waals surface area contributed by atoms with E-state index in [-0.39, 0.29) is 0 Å². The van der Waals surface area contributed by atoms with Crippen LogP contribution in [0.25, 0.3) is 10.9 Å². The second-order valence-electron chi connectivity index (χ2n) is 2.30. The summed E-state index contributed by atoms with van der Waals surface area (Å²) in [5.74, 6) is 0. The lowest BCUT2D eigenvalue weighted by Gasteiger charge is -1.83. The van der Waals surface area contributed by atoms with E-state index >= 15 is 0 Å². The standard InChI is InChI=1S/C8H7N.CH5OP/c1-2-4-8-7(3-1)5-6-9-8;1-2-3/h1-6,9H;3H2,1H3. The summed E-state index contributed by atoms with van der Waals surface area (Å²) in [7, 11) is 3.67. The van der Waals surface area contributed by atoms with Gasteiger partial charge in [0.25, 0.3) is 0 Å². The van der Waals surface area contributed by atoms with E-state index in [1.54, 1.807) is 7.11 Å². The highest BCUT2D eigenvalue weighted by atomic mass is 31.0. The van der Waals surface area contributed by atoms with Crippen LogP contribution in [0.1, 0.15) is 0 Å². The molecule has 0 saturated heterocycles. The maximum absolute atomic E-state index is 4.17. The molecule has 0 aliphatic heterocycles. The van der Waals surface area contributed by atoms with Crippen molar-refractivity contribution in [3.8, 4) is 0 Å². The van der Waals surface area contributed by atoms with Crippen LogP contribution in [0.4, 0.5) is 0 Å². The summed E-state index contributed by atoms with van der Waals surface area (Å²) in [4.78, 5) is 3.12. The van der Waals surface area contributed by atoms with Gasteiger partial charge in [-0.15, -0.1) is 0 Å². The predicted molar refractivity (Wildman–Crippen MR) is 55.0 cm³/mol. The Morgan fingerprint density at radius 1 is 1.25 bits per heavy atom. The van der Waals surface area contributed by atoms with Crippen molar-refractivity contribution in [2.45, 2.75) is 0 Å². The molecule has 1 atom stereocenters. The molecule has 2 nitrogen and oxygen atoms in total. The summed E-state index contributed by atoms with van der Waals surface area (Å²) in [6, 6.07) is 10.3. The van der Waals surface area contributed by atoms with Crippen molar-refractivity contribution >= 4 is 20.4 Å². The molecule has 1 aromatic heterocycles. The van der Waals surface area contributed by atoms with Crippen LogP contribution < -0.4 is 0 Å². The minimum Gasteiger partial charge on any atom is -0.369 e. The Labute approximate surface area is 74.2 Å². The number of fused-ring (bicyclic) bond motifs is 1. The molecule has 1 N–H and O–H groups in total. The summed E-state index contributed by atoms with van der Waals surface area (Å²) in [6.07, 6.45) is 1.95. The molecule has 0 amide bonds. The van der Waals surface area contributed by atoms with Gasteiger partial charge in [-0.05, 0) is 27.0 Å². The summed E-state index contributed by atoms with van der Waals surface area (Å²) < 4.78 is 4.17. The van der Waals surface area contributed by atoms with Crippen molar-refractivity contribution in [3.05, 3.63) is 36.5 Å². The highest BCUT2D eigenvalue weighted by molar-refractivity contribution is 7.09. The third-order valence-corrected chi connectivity index (χ3v) is 1.46. The normalized spacial score (nSPS) is 9.17. The molecule has 0 spiro atoms. The number of nitrogens with one attached hydrogen (secondary N) is 1. The lowest BCUT2D eigenvalue weighted by Crippen LogP contribution is -1.61. The summed E-state index contributed by atoms with van der Waals surface area (Å²) >= 11 is 0. The third kappa shape index (κ3) is 2.33. The first-order valence-electron chi connectivity index (χ1n) is 3.63. The molecule has 3 heteroatoms. The molecule has 2 rings (SSSR count). The molecule has 12 heavy (non-hydrogen) atoms. The van der Waals surface area contributed by atoms with Crippen molar-refractivity contribution in [1.82, 2.24) is 4.98 Å². The number of aromatic amines is 1. The minimum absolute atomic E-state index is 1.21. The molecule has 0 radical (unpaired) electrons. The van der Waals surface area contributed by atoms with Crippen molar-refractivity contribution in [2.75, 3.05) is 7.11 Å². The first-order chi connectivity index (χ1) is 5.88. The third-order valence-electron chi connectivity index (χ3n) is 1.46. The zero-order chi connectivity index (χ0) is 8.81. The van der Waals surface area contributed by atoms with Gasteiger partial charge in [-0.3, -0.25) is 0 Å². The number of H-pyrrole nitrogens is 1. The van der Waals surface area contributed by atoms with Gasteiger partial charge in [0.1, 0.15) is 0 Å². The Balaban J connectivity index is 0.000000213. The highest BCUT2D eigenvalue weighted by Crippen LogP contribution is 2.09. The van der Waals surface area contributed by atoms with E-state index in [1.807, 2.05) is 18.3 Å². The fraction of sp³-hybridized carbons (Fsp3) is 0.111. The van der Waals surface area contributed by atoms with Gasteiger partial charge in [-0.25, -0.2) is 0 Å². The Morgan fingerprint density at radius 3 is 2.58 bits per heavy atom. The fourth-order valence-corrected chi connectivity index (χ4v) is 0.995. The highest BCUT2D eigenvalue weighted by Gasteiger charge is 1.86. The monoisotopic (exact) mass is 181 g/mol. The molecule has 2 aromatic rings. The topological polar surface area (TPSA) is 25.0 Å². The number of para-hydroxylation sites is 1. The first kappa shape index (κ1) is 9.24. The molecule has 0 aliphatic carbocycles. The zero-order valence-electron chi connectivity index (χ0n) is 6.95. The molecular formula is C9H12NOP. The lowest BCUT2D eigenvalue weighted by atomic mass is 10.3. The van der Waals surface area contributed by atoms with Crippen molar-refractivity contribution < 1.29 is 4.52 Å². The van der Waals surface area contributed by atoms with Crippen LogP contribution in [0.2, 0.25) is 0 Å². The van der Waals surface area contributed by atoms with Crippen molar-refractivity contribution in [3.63, 3.8) is 0 Å². The maximum Gasteiger partial charge on any atom is 0.0453 e. The smallest absolute Gasteiger partial charge is 0.0453 e. The number of hydrogen-bond acceptors (Lipinski definition) is 1. The number of benzene rings is 1. The lowest BCUT2D eigenvalue weighted by molar-refractivity contribution is 0.488. The zero-order valence-corrected chi connectivity index (χ0v) is 8.10. The van der Waals surface area contributed by atoms with Gasteiger partial charge in [-0.1, -0.05) is 18.2 Å². The summed E-state index contributed by atoms with van der Waals surface area (Å²) in [5, 5.41) is 1.28. The Morgan fingerprint density at radius 2 is 1.92 bits per heavy atom. The quantitative estimate of drug-likeness (QED) is 0.621. The van der Waals surface area contributed by atoms with E-state index in [4.69, 9.17) is 0 Å². The average molecular weight is 181 g/mol. The van der Waals surface area contributed by atoms with Crippen LogP contribution in [-0.2, 0) is 4.52 Å². The molecule has 0 aliphatic rings. The second-order valence-corrected chi connectivity index (χ2v) is 2.77. The maximum atomic E-state index is 4.17. The fourth-order valence-electron chi connectivity index (χ4n) is 0.995. The molecule has 1 aromatic carbocycles. The predicted octanol–water partition coefficient (Wildman–Crippen LogP) is 2.59. The minimum atomic E-state index is 1.21. The van der Waals surface area contributed by atoms with Crippen LogP contribution in [0, 0.1) is 0 Å². The van der Waals surface area contributed by atoms with Gasteiger partial charge in [0.2, 0.25) is 0 Å². The van der Waals surface area contributed by atoms with E-state index in [0.29, 0.717) is 0 Å². The molecule has 0 bridgehead atoms. The van der Waals surface area contributed by atoms with Crippen LogP contribution in [-0.4, -0.2) is 12.1 Å². The summed E-state index contributed by atoms with van der Waals surface area (Å²) in [5.41, 5.74) is 1.21. The number of hydrogen-bond donors (Lipinski definition) is 1. The first-order valence-corrected chi connectivity index (χ1v) is 4.10. The SMILES string of the molecule is COP.c1ccc2[nH]ccc2c1. The molecule has 1 heterocycles. The number of aromatic nitrogens is 1. The van der Waals surface area contributed by atoms with Crippen molar-refractivity contribution in [2.24, 2.45) is 0 Å². The Bertz CT molecular complexity index is 302. The molecule has 64 valence electrons. The summed E-state index contributed by atoms with van der Waals surface area (Å²) in [6.45, 7) is 0. The second kappa shape index (κ2) is 4.91. The van der Waals surface area contributed by atoms with Crippen molar-refractivity contribution in [1.29, 1.82) is 0 Å². The van der Waals surface area contributed by atoms with Gasteiger partial charge in [0.05, 0.1) is 0 Å². The van der Waals surface area contributed by atoms with Crippen LogP contribution in [0.15, 0.2) is 36.5 Å². The van der Waals surface area contributed by atoms with E-state index in [1.165, 1.54) is 10.9 Å². The van der Waals surface area contributed by atoms with Gasteiger partial charge in [0.15, 0.2) is 0 Å². The van der Waals surface area contributed by atoms with Gasteiger partial charge in [-0.2, -0.15) is 0 Å². The Hall–Kier alpha value is -0.850. The average Bonchev–Trinajstić information content (AvgIpc) is 2.52. The van der Waals surface area contributed by atoms with E-state index in [0.717, 1.165) is 0 Å². The van der Waals surface area contributed by atoms with Gasteiger partial charge in [0, 0.05) is 18.8 Å². The van der Waals surface area contributed by atoms with Gasteiger partial charge >= 0.3 is 0 Å². The van der Waals surface area contributed by atoms with E-state index in [2.05, 4.69) is 37.2 Å². The number of rotatable bonds is 0. The van der Waals surface area contributed by atoms with Gasteiger partial charge < -0.3 is 9.51 Å². The van der Waals surface area contributed by atoms with E-state index in [9.17, 15) is 0 Å². The van der Waals surface area contributed by atoms with E-state index < -0.39 is 0 Å². The molecule has 0 fully saturated rings. The molecular weight excluding hydrogens is 169 g/mol. The molecule has 1 unspecified atom stereocenters. The molecule has 0 saturated carbocycles. The Kier molecular flexibility index (Phi) is 3.78. The largest absolute Gasteiger partial charge is 0.369 e.